The fourth-order valence-electron chi connectivity index (χ4n) is 3.57. The number of nitrogens with zero attached hydrogens (tertiary/aromatic N) is 3. The van der Waals surface area contributed by atoms with Crippen molar-refractivity contribution in [3.05, 3.63) is 93.7 Å². The first kappa shape index (κ1) is 23.0. The van der Waals surface area contributed by atoms with Crippen molar-refractivity contribution in [3.63, 3.8) is 0 Å². The Hall–Kier alpha value is -4.14. The molecule has 2 amide bonds. The number of nitrogens with one attached hydrogen (secondary N) is 2. The zero-order valence-electron chi connectivity index (χ0n) is 19.4. The minimum absolute atomic E-state index is 0.00884. The van der Waals surface area contributed by atoms with Crippen molar-refractivity contribution in [1.29, 1.82) is 0 Å². The minimum Gasteiger partial charge on any atom is -0.467 e. The van der Waals surface area contributed by atoms with E-state index in [4.69, 9.17) is 4.42 Å². The molecule has 1 atom stereocenters. The molecule has 0 fully saturated rings. The van der Waals surface area contributed by atoms with Gasteiger partial charge in [-0.1, -0.05) is 13.0 Å². The summed E-state index contributed by atoms with van der Waals surface area (Å²) in [6, 6.07) is 7.29. The number of hydrogen-bond donors (Lipinski definition) is 2. The van der Waals surface area contributed by atoms with Gasteiger partial charge in [-0.25, -0.2) is 4.98 Å². The number of pyridine rings is 2. The number of furan rings is 1. The Morgan fingerprint density at radius 2 is 1.74 bits per heavy atom. The number of rotatable bonds is 8. The van der Waals surface area contributed by atoms with Gasteiger partial charge in [-0.2, -0.15) is 0 Å². The molecule has 4 heterocycles. The lowest BCUT2D eigenvalue weighted by molar-refractivity contribution is 0.0945. The highest BCUT2D eigenvalue weighted by molar-refractivity contribution is 5.99. The summed E-state index contributed by atoms with van der Waals surface area (Å²) in [7, 11) is 0. The summed E-state index contributed by atoms with van der Waals surface area (Å²) >= 11 is 0. The molecule has 176 valence electrons. The Morgan fingerprint density at radius 3 is 2.38 bits per heavy atom. The fraction of sp³-hybridized carbons (Fsp3) is 0.280. The van der Waals surface area contributed by atoms with Gasteiger partial charge in [-0.15, -0.1) is 0 Å². The topological polar surface area (TPSA) is 111 Å². The van der Waals surface area contributed by atoms with Gasteiger partial charge in [-0.3, -0.25) is 14.4 Å². The predicted molar refractivity (Wildman–Crippen MR) is 127 cm³/mol. The largest absolute Gasteiger partial charge is 0.467 e. The van der Waals surface area contributed by atoms with Gasteiger partial charge in [0.2, 0.25) is 5.43 Å². The third-order valence-corrected chi connectivity index (χ3v) is 5.72. The van der Waals surface area contributed by atoms with E-state index in [9.17, 15) is 14.4 Å². The van der Waals surface area contributed by atoms with Gasteiger partial charge in [0.15, 0.2) is 0 Å². The molecule has 4 rings (SSSR count). The van der Waals surface area contributed by atoms with Crippen molar-refractivity contribution in [2.75, 3.05) is 0 Å². The molecule has 0 saturated heterocycles. The van der Waals surface area contributed by atoms with Gasteiger partial charge in [0.25, 0.3) is 11.8 Å². The summed E-state index contributed by atoms with van der Waals surface area (Å²) in [5.74, 6) is -0.563. The van der Waals surface area contributed by atoms with Crippen molar-refractivity contribution in [1.82, 2.24) is 24.6 Å². The van der Waals surface area contributed by atoms with E-state index in [1.807, 2.05) is 49.7 Å². The lowest BCUT2D eigenvalue weighted by Crippen LogP contribution is -2.35. The number of aryl methyl sites for hydroxylation is 1. The molecule has 34 heavy (non-hydrogen) atoms. The molecule has 0 aromatic carbocycles. The monoisotopic (exact) mass is 461 g/mol. The molecule has 1 unspecified atom stereocenters. The smallest absolute Gasteiger partial charge is 0.257 e. The minimum atomic E-state index is -0.625. The second-order valence-corrected chi connectivity index (χ2v) is 8.27. The van der Waals surface area contributed by atoms with Crippen LogP contribution in [-0.2, 0) is 13.1 Å². The highest BCUT2D eigenvalue weighted by atomic mass is 16.3. The van der Waals surface area contributed by atoms with Crippen LogP contribution in [0.1, 0.15) is 64.0 Å². The molecular weight excluding hydrogens is 434 g/mol. The van der Waals surface area contributed by atoms with Crippen molar-refractivity contribution in [2.24, 2.45) is 0 Å². The van der Waals surface area contributed by atoms with Gasteiger partial charge >= 0.3 is 0 Å². The fourth-order valence-corrected chi connectivity index (χ4v) is 3.57. The molecule has 9 nitrogen and oxygen atoms in total. The number of aromatic nitrogens is 3. The average molecular weight is 462 g/mol. The zero-order valence-corrected chi connectivity index (χ0v) is 19.4. The Labute approximate surface area is 196 Å². The van der Waals surface area contributed by atoms with Gasteiger partial charge in [-0.05, 0) is 44.0 Å². The summed E-state index contributed by atoms with van der Waals surface area (Å²) in [4.78, 5) is 43.4. The number of amides is 2. The molecule has 0 radical (unpaired) electrons. The first-order valence-corrected chi connectivity index (χ1v) is 11.1. The van der Waals surface area contributed by atoms with Crippen molar-refractivity contribution in [3.8, 4) is 0 Å². The number of carbonyl (C=O) groups excluding carboxylic acids is 2. The van der Waals surface area contributed by atoms with Gasteiger partial charge in [0.05, 0.1) is 25.0 Å². The van der Waals surface area contributed by atoms with Crippen LogP contribution in [0.4, 0.5) is 0 Å². The molecule has 4 aromatic heterocycles. The standard InChI is InChI=1S/C25H27N5O4/c1-4-17(3)29-14-20(23(31)21(15-29)25(33)27-11-19-6-5-9-34-19)24(32)26-10-18-13-30-12-16(2)7-8-22(30)28-18/h5-9,12-15,17H,4,10-11H2,1-3H3,(H,26,32)(H,27,33). The van der Waals surface area contributed by atoms with Crippen molar-refractivity contribution in [2.45, 2.75) is 46.3 Å². The summed E-state index contributed by atoms with van der Waals surface area (Å²) < 4.78 is 8.84. The molecule has 0 bridgehead atoms. The van der Waals surface area contributed by atoms with Crippen molar-refractivity contribution < 1.29 is 14.0 Å². The molecular formula is C25H27N5O4. The summed E-state index contributed by atoms with van der Waals surface area (Å²) in [5.41, 5.74) is 1.71. The quantitative estimate of drug-likeness (QED) is 0.419. The van der Waals surface area contributed by atoms with E-state index < -0.39 is 17.2 Å². The van der Waals surface area contributed by atoms with Gasteiger partial charge in [0.1, 0.15) is 22.5 Å². The first-order chi connectivity index (χ1) is 16.4. The SMILES string of the molecule is CCC(C)n1cc(C(=O)NCc2cn3cc(C)ccc3n2)c(=O)c(C(=O)NCc2ccco2)c1. The van der Waals surface area contributed by atoms with Crippen LogP contribution in [0.3, 0.4) is 0 Å². The molecule has 0 aliphatic rings. The summed E-state index contributed by atoms with van der Waals surface area (Å²) in [6.45, 7) is 6.22. The molecule has 2 N–H and O–H groups in total. The maximum Gasteiger partial charge on any atom is 0.257 e. The highest BCUT2D eigenvalue weighted by Crippen LogP contribution is 2.12. The Kier molecular flexibility index (Phi) is 6.62. The van der Waals surface area contributed by atoms with Crippen LogP contribution in [0.5, 0.6) is 0 Å². The van der Waals surface area contributed by atoms with E-state index in [1.54, 1.807) is 16.7 Å². The van der Waals surface area contributed by atoms with E-state index >= 15 is 0 Å². The third kappa shape index (κ3) is 4.93. The number of carbonyl (C=O) groups is 2. The summed E-state index contributed by atoms with van der Waals surface area (Å²) in [6.07, 6.45) is 9.05. The van der Waals surface area contributed by atoms with Crippen LogP contribution in [-0.4, -0.2) is 25.8 Å². The predicted octanol–water partition coefficient (Wildman–Crippen LogP) is 3.23. The molecule has 0 spiro atoms. The molecule has 0 aliphatic carbocycles. The maximum atomic E-state index is 13.1. The lowest BCUT2D eigenvalue weighted by atomic mass is 10.1. The normalized spacial score (nSPS) is 12.0. The second kappa shape index (κ2) is 9.78. The maximum absolute atomic E-state index is 13.1. The van der Waals surface area contributed by atoms with E-state index in [0.29, 0.717) is 11.5 Å². The lowest BCUT2D eigenvalue weighted by Gasteiger charge is -2.17. The van der Waals surface area contributed by atoms with Crippen LogP contribution in [0.25, 0.3) is 5.65 Å². The number of hydrogen-bond acceptors (Lipinski definition) is 5. The van der Waals surface area contributed by atoms with E-state index in [0.717, 1.165) is 17.6 Å². The van der Waals surface area contributed by atoms with Gasteiger partial charge < -0.3 is 24.0 Å². The molecule has 0 saturated carbocycles. The van der Waals surface area contributed by atoms with Crippen molar-refractivity contribution >= 4 is 17.5 Å². The van der Waals surface area contributed by atoms with E-state index in [2.05, 4.69) is 15.6 Å². The molecule has 4 aromatic rings. The van der Waals surface area contributed by atoms with E-state index in [1.165, 1.54) is 18.7 Å². The Balaban J connectivity index is 1.57. The number of fused-ring (bicyclic) bond motifs is 1. The Bertz CT molecular complexity index is 1380. The number of imidazole rings is 1. The zero-order chi connectivity index (χ0) is 24.2. The van der Waals surface area contributed by atoms with Crippen LogP contribution in [0.2, 0.25) is 0 Å². The van der Waals surface area contributed by atoms with Crippen LogP contribution in [0.15, 0.2) is 64.5 Å². The van der Waals surface area contributed by atoms with Crippen LogP contribution in [0, 0.1) is 6.92 Å². The third-order valence-electron chi connectivity index (χ3n) is 5.72. The first-order valence-electron chi connectivity index (χ1n) is 11.1. The van der Waals surface area contributed by atoms with Gasteiger partial charge in [0, 0.05) is 30.8 Å². The summed E-state index contributed by atoms with van der Waals surface area (Å²) in [5, 5.41) is 5.44. The molecule has 0 aliphatic heterocycles. The average Bonchev–Trinajstić information content (AvgIpc) is 3.49. The van der Waals surface area contributed by atoms with Crippen LogP contribution >= 0.6 is 0 Å². The van der Waals surface area contributed by atoms with E-state index in [-0.39, 0.29) is 30.3 Å². The molecule has 9 heteroatoms. The Morgan fingerprint density at radius 1 is 1.03 bits per heavy atom. The second-order valence-electron chi connectivity index (χ2n) is 8.27. The highest BCUT2D eigenvalue weighted by Gasteiger charge is 2.21. The van der Waals surface area contributed by atoms with Crippen LogP contribution < -0.4 is 16.1 Å².